The van der Waals surface area contributed by atoms with Crippen molar-refractivity contribution in [3.63, 3.8) is 0 Å². The molecular formula is C114H74B2N4. The molecule has 4 aliphatic heterocycles. The molecule has 0 amide bonds. The lowest BCUT2D eigenvalue weighted by molar-refractivity contribution is 1.24. The predicted octanol–water partition coefficient (Wildman–Crippen LogP) is 26.6. The Labute approximate surface area is 699 Å². The van der Waals surface area contributed by atoms with E-state index in [0.717, 1.165) is 157 Å². The van der Waals surface area contributed by atoms with Crippen LogP contribution in [0.1, 0.15) is 0 Å². The van der Waals surface area contributed by atoms with E-state index in [0.29, 0.717) is 0 Å². The molecule has 0 N–H and O–H groups in total. The first-order valence-corrected chi connectivity index (χ1v) is 41.7. The third-order valence-electron chi connectivity index (χ3n) is 25.6. The number of nitrogens with zero attached hydrogens (tertiary/aromatic N) is 4. The highest BCUT2D eigenvalue weighted by atomic mass is 15.2. The van der Waals surface area contributed by atoms with Gasteiger partial charge in [-0.05, 0) is 175 Å². The van der Waals surface area contributed by atoms with E-state index in [1.165, 1.54) is 65.1 Å². The van der Waals surface area contributed by atoms with Gasteiger partial charge in [0.1, 0.15) is 0 Å². The summed E-state index contributed by atoms with van der Waals surface area (Å²) in [7, 11) is 0. The van der Waals surface area contributed by atoms with Crippen LogP contribution in [0.4, 0.5) is 68.2 Å². The Kier molecular flexibility index (Phi) is 16.2. The van der Waals surface area contributed by atoms with E-state index < -0.39 is 0 Å². The molecule has 20 aromatic rings. The quantitative estimate of drug-likeness (QED) is 0.0893. The highest BCUT2D eigenvalue weighted by Gasteiger charge is 2.50. The van der Waals surface area contributed by atoms with E-state index in [-0.39, 0.29) is 13.4 Å². The number of benzene rings is 20. The van der Waals surface area contributed by atoms with Crippen LogP contribution < -0.4 is 52.4 Å². The van der Waals surface area contributed by atoms with Crippen molar-refractivity contribution in [3.05, 3.63) is 449 Å². The fraction of sp³-hybridized carbons (Fsp3) is 0. The van der Waals surface area contributed by atoms with Gasteiger partial charge >= 0.3 is 0 Å². The number of hydrogen-bond acceptors (Lipinski definition) is 4. The fourth-order valence-electron chi connectivity index (χ4n) is 20.5. The summed E-state index contributed by atoms with van der Waals surface area (Å²) < 4.78 is 0. The zero-order valence-corrected chi connectivity index (χ0v) is 65.7. The molecule has 0 aromatic heterocycles. The Morgan fingerprint density at radius 1 is 0.142 bits per heavy atom. The molecule has 0 saturated carbocycles. The molecule has 0 spiro atoms. The molecule has 24 rings (SSSR count). The van der Waals surface area contributed by atoms with Crippen LogP contribution in [0, 0.1) is 0 Å². The van der Waals surface area contributed by atoms with Crippen molar-refractivity contribution in [1.82, 2.24) is 0 Å². The molecule has 120 heavy (non-hydrogen) atoms. The smallest absolute Gasteiger partial charge is 0.252 e. The number of anilines is 12. The van der Waals surface area contributed by atoms with Crippen LogP contribution in [-0.2, 0) is 0 Å². The maximum Gasteiger partial charge on any atom is 0.252 e. The zero-order chi connectivity index (χ0) is 78.9. The van der Waals surface area contributed by atoms with Gasteiger partial charge in [-0.25, -0.2) is 0 Å². The zero-order valence-electron chi connectivity index (χ0n) is 65.7. The van der Waals surface area contributed by atoms with E-state index in [4.69, 9.17) is 0 Å². The lowest BCUT2D eigenvalue weighted by Crippen LogP contribution is -2.65. The van der Waals surface area contributed by atoms with Crippen molar-refractivity contribution in [2.45, 2.75) is 0 Å². The highest BCUT2D eigenvalue weighted by Crippen LogP contribution is 2.57. The third-order valence-corrected chi connectivity index (χ3v) is 25.6. The van der Waals surface area contributed by atoms with Crippen LogP contribution in [0.5, 0.6) is 0 Å². The lowest BCUT2D eigenvalue weighted by Gasteiger charge is -2.48. The summed E-state index contributed by atoms with van der Waals surface area (Å²) in [6, 6.07) is 169. The molecule has 4 aliphatic rings. The molecule has 556 valence electrons. The summed E-state index contributed by atoms with van der Waals surface area (Å²) in [6.45, 7) is -0.612. The second kappa shape index (κ2) is 28.2. The summed E-state index contributed by atoms with van der Waals surface area (Å²) in [5.74, 6) is 0. The van der Waals surface area contributed by atoms with Gasteiger partial charge in [0.05, 0.1) is 17.1 Å². The fourth-order valence-corrected chi connectivity index (χ4v) is 20.5. The second-order valence-corrected chi connectivity index (χ2v) is 32.0. The minimum atomic E-state index is -0.312. The van der Waals surface area contributed by atoms with Crippen LogP contribution in [0.2, 0.25) is 0 Å². The Bertz CT molecular complexity index is 7270. The Morgan fingerprint density at radius 2 is 0.400 bits per heavy atom. The summed E-state index contributed by atoms with van der Waals surface area (Å²) in [5, 5.41) is 7.33. The van der Waals surface area contributed by atoms with E-state index >= 15 is 0 Å². The molecule has 0 aliphatic carbocycles. The summed E-state index contributed by atoms with van der Waals surface area (Å²) in [5.41, 5.74) is 38.7. The molecule has 0 fully saturated rings. The maximum atomic E-state index is 2.73. The first-order chi connectivity index (χ1) is 59.6. The Morgan fingerprint density at radius 3 is 0.733 bits per heavy atom. The van der Waals surface area contributed by atoms with Crippen LogP contribution >= 0.6 is 0 Å². The Hall–Kier alpha value is -15.5. The van der Waals surface area contributed by atoms with E-state index in [1.807, 2.05) is 0 Å². The highest BCUT2D eigenvalue weighted by molar-refractivity contribution is 7.03. The molecule has 0 unspecified atom stereocenters. The minimum absolute atomic E-state index is 0.300. The van der Waals surface area contributed by atoms with Crippen molar-refractivity contribution in [2.24, 2.45) is 0 Å². The van der Waals surface area contributed by atoms with E-state index in [1.54, 1.807) is 0 Å². The average Bonchev–Trinajstić information content (AvgIpc) is 0.680. The normalized spacial score (nSPS) is 12.7. The molecular weight excluding hydrogens is 1450 g/mol. The molecule has 4 nitrogen and oxygen atoms in total. The summed E-state index contributed by atoms with van der Waals surface area (Å²) in [6.07, 6.45) is 0. The minimum Gasteiger partial charge on any atom is -0.311 e. The average molecular weight is 1520 g/mol. The molecule has 0 saturated heterocycles. The molecule has 6 heteroatoms. The monoisotopic (exact) mass is 1520 g/mol. The molecule has 0 bridgehead atoms. The van der Waals surface area contributed by atoms with Gasteiger partial charge < -0.3 is 19.6 Å². The molecule has 0 radical (unpaired) electrons. The van der Waals surface area contributed by atoms with Gasteiger partial charge in [0.2, 0.25) is 0 Å². The number of fused-ring (bicyclic) bond motifs is 14. The molecule has 4 heterocycles. The van der Waals surface area contributed by atoms with Crippen LogP contribution in [-0.4, -0.2) is 13.4 Å². The van der Waals surface area contributed by atoms with Crippen molar-refractivity contribution in [2.75, 3.05) is 19.6 Å². The first kappa shape index (κ1) is 68.9. The van der Waals surface area contributed by atoms with Gasteiger partial charge in [0.25, 0.3) is 13.4 Å². The second-order valence-electron chi connectivity index (χ2n) is 32.0. The molecule has 20 aromatic carbocycles. The topological polar surface area (TPSA) is 13.0 Å². The van der Waals surface area contributed by atoms with Gasteiger partial charge in [-0.2, -0.15) is 0 Å². The first-order valence-electron chi connectivity index (χ1n) is 41.7. The van der Waals surface area contributed by atoms with Crippen molar-refractivity contribution < 1.29 is 0 Å². The van der Waals surface area contributed by atoms with Gasteiger partial charge in [-0.1, -0.05) is 394 Å². The third kappa shape index (κ3) is 10.9. The van der Waals surface area contributed by atoms with Crippen molar-refractivity contribution >= 4 is 147 Å². The number of para-hydroxylation sites is 5. The molecule has 0 atom stereocenters. The van der Waals surface area contributed by atoms with E-state index in [9.17, 15) is 0 Å². The largest absolute Gasteiger partial charge is 0.311 e. The van der Waals surface area contributed by atoms with Gasteiger partial charge in [0, 0.05) is 84.6 Å². The van der Waals surface area contributed by atoms with Crippen molar-refractivity contribution in [3.8, 4) is 89.0 Å². The maximum absolute atomic E-state index is 2.73. The van der Waals surface area contributed by atoms with Crippen molar-refractivity contribution in [1.29, 1.82) is 0 Å². The summed E-state index contributed by atoms with van der Waals surface area (Å²) in [4.78, 5) is 10.7. The number of rotatable bonds is 12. The lowest BCUT2D eigenvalue weighted by atomic mass is 9.30. The van der Waals surface area contributed by atoms with Crippen LogP contribution in [0.25, 0.3) is 121 Å². The standard InChI is InChI=1S/C114H74B2N4/c1-9-36-75(37-10-1)83-68-106-110-107(69-83)118(112-86(77-40-13-3-14-41-77)56-33-57-87(112)78-42-15-4-16-43-78)102-64-31-29-62-98(102)115(110)100-73-101-105(74-104(100)117(106)85-66-67-96-94-54-26-25-52-92(94)93-53-27-28-55-95(93)97(96)72-85)120(114-90(81-48-21-7-22-49-81)60-35-61-91(114)82-50-23-8-24-51-82)109-71-84(76-38-11-2-12-39-76)70-108-111(109)116(101)99-63-30-32-65-103(99)119(108)113-88(79-44-17-5-18-45-79)58-34-59-89(113)80-46-19-6-20-47-80/h1-74H. The Balaban J connectivity index is 0.876. The van der Waals surface area contributed by atoms with Gasteiger partial charge in [0.15, 0.2) is 0 Å². The SMILES string of the molecule is c1ccc(-c2cc3c4c(c2)N(c2c(-c5ccccc5)cccc2-c2ccccc2)c2ccccc2B4c2cc4c(cc2N3c2ccc3c5ccccc5c5ccccc5c3c2)N(c2c(-c3ccccc3)cccc2-c2ccccc2)c2cc(-c3ccccc3)cc3c2B4c2ccccc2N3c2c(-c3ccccc3)cccc2-c2ccccc2)cc1. The van der Waals surface area contributed by atoms with E-state index in [2.05, 4.69) is 469 Å². The number of hydrogen-bond donors (Lipinski definition) is 0. The summed E-state index contributed by atoms with van der Waals surface area (Å²) >= 11 is 0. The van der Waals surface area contributed by atoms with Crippen LogP contribution in [0.3, 0.4) is 0 Å². The van der Waals surface area contributed by atoms with Gasteiger partial charge in [-0.3, -0.25) is 0 Å². The predicted molar refractivity (Wildman–Crippen MR) is 510 cm³/mol. The van der Waals surface area contributed by atoms with Crippen LogP contribution in [0.15, 0.2) is 449 Å². The van der Waals surface area contributed by atoms with Gasteiger partial charge in [-0.15, -0.1) is 0 Å².